The number of benzene rings is 1. The molecule has 0 spiro atoms. The summed E-state index contributed by atoms with van der Waals surface area (Å²) in [5.74, 6) is -0.193. The van der Waals surface area contributed by atoms with Crippen molar-refractivity contribution in [3.63, 3.8) is 0 Å². The van der Waals surface area contributed by atoms with Crippen LogP contribution in [0.5, 0.6) is 0 Å². The number of piperazine rings is 1. The highest BCUT2D eigenvalue weighted by Gasteiger charge is 2.33. The minimum Gasteiger partial charge on any atom is -0.353 e. The van der Waals surface area contributed by atoms with Crippen LogP contribution < -0.4 is 5.32 Å². The molecule has 0 aliphatic carbocycles. The standard InChI is InChI=1S/C20H23N3O2/c1-2-6-17-14-16(9-10-21-17)20(25)23-12-11-22-19(24)18(23)13-15-7-4-3-5-8-15/h3-5,7-10,14,18H,2,6,11-13H2,1H3,(H,22,24). The van der Waals surface area contributed by atoms with E-state index < -0.39 is 6.04 Å². The number of rotatable bonds is 5. The summed E-state index contributed by atoms with van der Waals surface area (Å²) in [5.41, 5.74) is 2.56. The van der Waals surface area contributed by atoms with Crippen LogP contribution in [-0.2, 0) is 17.6 Å². The first-order valence-corrected chi connectivity index (χ1v) is 8.76. The number of aryl methyl sites for hydroxylation is 1. The SMILES string of the molecule is CCCc1cc(C(=O)N2CCNC(=O)C2Cc2ccccc2)ccn1. The van der Waals surface area contributed by atoms with E-state index in [2.05, 4.69) is 17.2 Å². The van der Waals surface area contributed by atoms with Crippen molar-refractivity contribution in [1.29, 1.82) is 0 Å². The van der Waals surface area contributed by atoms with Crippen LogP contribution in [0.1, 0.15) is 35.0 Å². The van der Waals surface area contributed by atoms with Crippen molar-refractivity contribution in [3.05, 3.63) is 65.5 Å². The fourth-order valence-electron chi connectivity index (χ4n) is 3.17. The van der Waals surface area contributed by atoms with Crippen LogP contribution in [0, 0.1) is 0 Å². The quantitative estimate of drug-likeness (QED) is 0.910. The first kappa shape index (κ1) is 17.1. The van der Waals surface area contributed by atoms with E-state index in [0.717, 1.165) is 24.1 Å². The topological polar surface area (TPSA) is 62.3 Å². The molecule has 5 nitrogen and oxygen atoms in total. The number of aromatic nitrogens is 1. The zero-order chi connectivity index (χ0) is 17.6. The van der Waals surface area contributed by atoms with Crippen molar-refractivity contribution < 1.29 is 9.59 Å². The maximum atomic E-state index is 13.0. The molecule has 1 aliphatic heterocycles. The Bertz CT molecular complexity index is 746. The van der Waals surface area contributed by atoms with E-state index in [0.29, 0.717) is 25.1 Å². The molecule has 1 unspecified atom stereocenters. The van der Waals surface area contributed by atoms with E-state index in [1.54, 1.807) is 17.2 Å². The normalized spacial score (nSPS) is 17.2. The lowest BCUT2D eigenvalue weighted by atomic mass is 10.0. The molecule has 1 fully saturated rings. The minimum atomic E-state index is -0.480. The fraction of sp³-hybridized carbons (Fsp3) is 0.350. The van der Waals surface area contributed by atoms with Crippen molar-refractivity contribution in [3.8, 4) is 0 Å². The molecule has 0 radical (unpaired) electrons. The van der Waals surface area contributed by atoms with Gasteiger partial charge in [-0.2, -0.15) is 0 Å². The van der Waals surface area contributed by atoms with Gasteiger partial charge in [0.05, 0.1) is 0 Å². The third kappa shape index (κ3) is 4.05. The first-order chi connectivity index (χ1) is 12.2. The van der Waals surface area contributed by atoms with Crippen molar-refractivity contribution in [2.24, 2.45) is 0 Å². The fourth-order valence-corrected chi connectivity index (χ4v) is 3.17. The van der Waals surface area contributed by atoms with Crippen LogP contribution in [0.4, 0.5) is 0 Å². The Balaban J connectivity index is 1.83. The Labute approximate surface area is 148 Å². The average molecular weight is 337 g/mol. The molecule has 1 saturated heterocycles. The highest BCUT2D eigenvalue weighted by molar-refractivity contribution is 5.98. The van der Waals surface area contributed by atoms with Crippen molar-refractivity contribution in [2.75, 3.05) is 13.1 Å². The zero-order valence-electron chi connectivity index (χ0n) is 14.4. The van der Waals surface area contributed by atoms with Gasteiger partial charge in [-0.1, -0.05) is 43.7 Å². The number of carbonyl (C=O) groups excluding carboxylic acids is 2. The summed E-state index contributed by atoms with van der Waals surface area (Å²) in [4.78, 5) is 31.4. The van der Waals surface area contributed by atoms with Crippen molar-refractivity contribution in [2.45, 2.75) is 32.2 Å². The van der Waals surface area contributed by atoms with E-state index in [-0.39, 0.29) is 11.8 Å². The van der Waals surface area contributed by atoms with Gasteiger partial charge in [-0.3, -0.25) is 14.6 Å². The largest absolute Gasteiger partial charge is 0.353 e. The van der Waals surface area contributed by atoms with E-state index in [1.165, 1.54) is 0 Å². The second-order valence-electron chi connectivity index (χ2n) is 6.28. The Morgan fingerprint density at radius 1 is 1.28 bits per heavy atom. The van der Waals surface area contributed by atoms with Gasteiger partial charge in [-0.25, -0.2) is 0 Å². The monoisotopic (exact) mass is 337 g/mol. The molecule has 1 aromatic heterocycles. The second kappa shape index (κ2) is 7.92. The van der Waals surface area contributed by atoms with E-state index in [9.17, 15) is 9.59 Å². The minimum absolute atomic E-state index is 0.0914. The van der Waals surface area contributed by atoms with Crippen LogP contribution in [0.3, 0.4) is 0 Å². The van der Waals surface area contributed by atoms with Gasteiger partial charge in [0.2, 0.25) is 5.91 Å². The van der Waals surface area contributed by atoms with E-state index in [4.69, 9.17) is 0 Å². The van der Waals surface area contributed by atoms with Crippen LogP contribution in [0.15, 0.2) is 48.7 Å². The molecule has 2 heterocycles. The molecular weight excluding hydrogens is 314 g/mol. The predicted octanol–water partition coefficient (Wildman–Crippen LogP) is 2.22. The number of hydrogen-bond acceptors (Lipinski definition) is 3. The number of pyridine rings is 1. The molecule has 3 rings (SSSR count). The maximum absolute atomic E-state index is 13.0. The van der Waals surface area contributed by atoms with Crippen molar-refractivity contribution in [1.82, 2.24) is 15.2 Å². The summed E-state index contributed by atoms with van der Waals surface area (Å²) in [5, 5.41) is 2.88. The third-order valence-electron chi connectivity index (χ3n) is 4.43. The molecule has 5 heteroatoms. The molecule has 1 aliphatic rings. The summed E-state index contributed by atoms with van der Waals surface area (Å²) in [6, 6.07) is 12.9. The first-order valence-electron chi connectivity index (χ1n) is 8.76. The van der Waals surface area contributed by atoms with E-state index in [1.807, 2.05) is 36.4 Å². The van der Waals surface area contributed by atoms with Gasteiger partial charge in [-0.15, -0.1) is 0 Å². The molecule has 2 amide bonds. The average Bonchev–Trinajstić information content (AvgIpc) is 2.64. The molecule has 1 aromatic carbocycles. The Kier molecular flexibility index (Phi) is 5.43. The van der Waals surface area contributed by atoms with Gasteiger partial charge < -0.3 is 10.2 Å². The zero-order valence-corrected chi connectivity index (χ0v) is 14.4. The van der Waals surface area contributed by atoms with Crippen LogP contribution in [0.2, 0.25) is 0 Å². The highest BCUT2D eigenvalue weighted by Crippen LogP contribution is 2.16. The highest BCUT2D eigenvalue weighted by atomic mass is 16.2. The lowest BCUT2D eigenvalue weighted by Gasteiger charge is -2.35. The number of nitrogens with one attached hydrogen (secondary N) is 1. The summed E-state index contributed by atoms with van der Waals surface area (Å²) in [6.07, 6.45) is 4.02. The summed E-state index contributed by atoms with van der Waals surface area (Å²) >= 11 is 0. The summed E-state index contributed by atoms with van der Waals surface area (Å²) in [6.45, 7) is 3.09. The third-order valence-corrected chi connectivity index (χ3v) is 4.43. The molecule has 1 N–H and O–H groups in total. The smallest absolute Gasteiger partial charge is 0.254 e. The van der Waals surface area contributed by atoms with Gasteiger partial charge in [0.15, 0.2) is 0 Å². The van der Waals surface area contributed by atoms with Gasteiger partial charge in [0, 0.05) is 37.0 Å². The number of amides is 2. The molecule has 0 bridgehead atoms. The van der Waals surface area contributed by atoms with Gasteiger partial charge >= 0.3 is 0 Å². The van der Waals surface area contributed by atoms with E-state index >= 15 is 0 Å². The molecule has 2 aromatic rings. The summed E-state index contributed by atoms with van der Waals surface area (Å²) in [7, 11) is 0. The lowest BCUT2D eigenvalue weighted by Crippen LogP contribution is -2.58. The van der Waals surface area contributed by atoms with Gasteiger partial charge in [-0.05, 0) is 24.1 Å². The van der Waals surface area contributed by atoms with Gasteiger partial charge in [0.1, 0.15) is 6.04 Å². The lowest BCUT2D eigenvalue weighted by molar-refractivity contribution is -0.127. The maximum Gasteiger partial charge on any atom is 0.254 e. The van der Waals surface area contributed by atoms with Crippen LogP contribution in [0.25, 0.3) is 0 Å². The number of nitrogens with zero attached hydrogens (tertiary/aromatic N) is 2. The van der Waals surface area contributed by atoms with Crippen molar-refractivity contribution >= 4 is 11.8 Å². The molecule has 25 heavy (non-hydrogen) atoms. The van der Waals surface area contributed by atoms with Crippen LogP contribution >= 0.6 is 0 Å². The molecule has 1 atom stereocenters. The molecule has 130 valence electrons. The Morgan fingerprint density at radius 3 is 2.84 bits per heavy atom. The molecular formula is C20H23N3O2. The predicted molar refractivity (Wildman–Crippen MR) is 96.2 cm³/mol. The van der Waals surface area contributed by atoms with Gasteiger partial charge in [0.25, 0.3) is 5.91 Å². The van der Waals surface area contributed by atoms with Crippen LogP contribution in [-0.4, -0.2) is 40.8 Å². The Hall–Kier alpha value is -2.69. The number of carbonyl (C=O) groups is 2. The molecule has 0 saturated carbocycles. The Morgan fingerprint density at radius 2 is 2.08 bits per heavy atom. The number of hydrogen-bond donors (Lipinski definition) is 1. The second-order valence-corrected chi connectivity index (χ2v) is 6.28. The summed E-state index contributed by atoms with van der Waals surface area (Å²) < 4.78 is 0.